The van der Waals surface area contributed by atoms with Gasteiger partial charge in [-0.05, 0) is 57.2 Å². The summed E-state index contributed by atoms with van der Waals surface area (Å²) in [4.78, 5) is 15.5. The molecule has 0 atom stereocenters. The normalized spacial score (nSPS) is 11.7. The van der Waals surface area contributed by atoms with Crippen LogP contribution < -0.4 is 4.72 Å². The molecule has 0 spiro atoms. The molecule has 0 bridgehead atoms. The van der Waals surface area contributed by atoms with Gasteiger partial charge < -0.3 is 9.84 Å². The Morgan fingerprint density at radius 1 is 1.29 bits per heavy atom. The van der Waals surface area contributed by atoms with Gasteiger partial charge >= 0.3 is 5.97 Å². The number of hydrogen-bond donors (Lipinski definition) is 2. The third-order valence-corrected chi connectivity index (χ3v) is 6.78. The Morgan fingerprint density at radius 3 is 2.74 bits per heavy atom. The lowest BCUT2D eigenvalue weighted by molar-refractivity contribution is -0.159. The van der Waals surface area contributed by atoms with E-state index in [2.05, 4.69) is 21.5 Å². The molecule has 0 aliphatic heterocycles. The number of carbonyl (C=O) groups is 1. The lowest BCUT2D eigenvalue weighted by atomic mass is 10.1. The van der Waals surface area contributed by atoms with Crippen molar-refractivity contribution in [1.29, 1.82) is 0 Å². The molecule has 3 rings (SSSR count). The molecular weight excluding hydrogens is 460 g/mol. The van der Waals surface area contributed by atoms with E-state index < -0.39 is 21.6 Å². The molecule has 0 radical (unpaired) electrons. The number of carboxylic acid groups (broad SMARTS) is 1. The molecule has 0 unspecified atom stereocenters. The molecule has 2 aromatic carbocycles. The Labute approximate surface area is 189 Å². The average molecular weight is 479 g/mol. The number of thiazole rings is 1. The fourth-order valence-corrected chi connectivity index (χ4v) is 4.73. The lowest BCUT2D eigenvalue weighted by Crippen LogP contribution is -2.34. The second-order valence-corrected chi connectivity index (χ2v) is 10.4. The summed E-state index contributed by atoms with van der Waals surface area (Å²) in [6, 6.07) is 9.31. The number of nitrogens with one attached hydrogen (secondary N) is 1. The van der Waals surface area contributed by atoms with E-state index in [1.54, 1.807) is 18.2 Å². The van der Waals surface area contributed by atoms with Crippen molar-refractivity contribution in [3.05, 3.63) is 52.0 Å². The van der Waals surface area contributed by atoms with Gasteiger partial charge in [0.15, 0.2) is 5.60 Å². The van der Waals surface area contributed by atoms with Crippen LogP contribution in [0.1, 0.15) is 24.4 Å². The van der Waals surface area contributed by atoms with Gasteiger partial charge in [-0.1, -0.05) is 23.4 Å². The van der Waals surface area contributed by atoms with Crippen molar-refractivity contribution in [2.24, 2.45) is 0 Å². The van der Waals surface area contributed by atoms with Crippen LogP contribution in [-0.4, -0.2) is 36.7 Å². The molecule has 2 N–H and O–H groups in total. The quantitative estimate of drug-likeness (QED) is 0.512. The van der Waals surface area contributed by atoms with E-state index in [1.807, 2.05) is 6.92 Å². The molecule has 0 aliphatic rings. The van der Waals surface area contributed by atoms with Crippen molar-refractivity contribution in [3.8, 4) is 11.8 Å². The fraction of sp³-hybridized carbons (Fsp3) is 0.238. The van der Waals surface area contributed by atoms with Gasteiger partial charge in [0.05, 0.1) is 31.4 Å². The number of fused-ring (bicyclic) bond motifs is 1. The van der Waals surface area contributed by atoms with E-state index in [4.69, 9.17) is 21.4 Å². The summed E-state index contributed by atoms with van der Waals surface area (Å²) in [6.45, 7) is 4.53. The first-order valence-corrected chi connectivity index (χ1v) is 11.7. The van der Waals surface area contributed by atoms with Gasteiger partial charge in [-0.2, -0.15) is 0 Å². The Bertz CT molecular complexity index is 1320. The van der Waals surface area contributed by atoms with E-state index in [0.717, 1.165) is 15.2 Å². The zero-order chi connectivity index (χ0) is 22.8. The Kier molecular flexibility index (Phi) is 6.57. The van der Waals surface area contributed by atoms with Gasteiger partial charge in [-0.25, -0.2) is 18.2 Å². The maximum Gasteiger partial charge on any atom is 0.335 e. The van der Waals surface area contributed by atoms with Crippen molar-refractivity contribution in [3.63, 3.8) is 0 Å². The number of sulfonamides is 1. The van der Waals surface area contributed by atoms with Gasteiger partial charge in [0.25, 0.3) is 10.0 Å². The number of anilines is 1. The minimum atomic E-state index is -3.89. The Hall–Kier alpha value is -2.64. The summed E-state index contributed by atoms with van der Waals surface area (Å²) in [7, 11) is -3.89. The zero-order valence-corrected chi connectivity index (χ0v) is 19.3. The molecule has 0 fully saturated rings. The Morgan fingerprint density at radius 2 is 2.03 bits per heavy atom. The highest BCUT2D eigenvalue weighted by molar-refractivity contribution is 7.92. The third-order valence-electron chi connectivity index (χ3n) is 4.25. The second-order valence-electron chi connectivity index (χ2n) is 7.06. The first-order chi connectivity index (χ1) is 14.5. The Balaban J connectivity index is 1.86. The molecule has 0 saturated heterocycles. The summed E-state index contributed by atoms with van der Waals surface area (Å²) in [6.07, 6.45) is 0. The molecular formula is C21H19ClN2O5S2. The highest BCUT2D eigenvalue weighted by Gasteiger charge is 2.27. The molecule has 7 nitrogen and oxygen atoms in total. The van der Waals surface area contributed by atoms with E-state index in [0.29, 0.717) is 10.6 Å². The predicted octanol–water partition coefficient (Wildman–Crippen LogP) is 4.29. The van der Waals surface area contributed by atoms with Gasteiger partial charge in [0, 0.05) is 5.02 Å². The smallest absolute Gasteiger partial charge is 0.335 e. The van der Waals surface area contributed by atoms with Crippen LogP contribution in [0, 0.1) is 18.8 Å². The van der Waals surface area contributed by atoms with Crippen LogP contribution >= 0.6 is 22.9 Å². The van der Waals surface area contributed by atoms with Gasteiger partial charge in [-0.3, -0.25) is 4.72 Å². The molecule has 0 aliphatic carbocycles. The molecule has 10 heteroatoms. The maximum absolute atomic E-state index is 12.9. The molecule has 0 saturated carbocycles. The molecule has 3 aromatic rings. The van der Waals surface area contributed by atoms with Crippen LogP contribution in [0.2, 0.25) is 5.02 Å². The van der Waals surface area contributed by atoms with Crippen molar-refractivity contribution in [1.82, 2.24) is 4.98 Å². The largest absolute Gasteiger partial charge is 0.479 e. The zero-order valence-electron chi connectivity index (χ0n) is 16.9. The standard InChI is InChI=1S/C21H19ClN2O5S2/c1-13-23-18-9-7-16(12-19(18)30-13)31(27,28)24-17-8-6-15(22)11-14(17)5-4-10-29-21(2,3)20(25)26/h6-9,11-12,24H,10H2,1-3H3,(H,25,26). The van der Waals surface area contributed by atoms with Gasteiger partial charge in [0.2, 0.25) is 0 Å². The number of aryl methyl sites for hydroxylation is 1. The minimum Gasteiger partial charge on any atom is -0.479 e. The molecule has 31 heavy (non-hydrogen) atoms. The maximum atomic E-state index is 12.9. The third kappa shape index (κ3) is 5.54. The number of benzene rings is 2. The molecule has 162 valence electrons. The molecule has 0 amide bonds. The van der Waals surface area contributed by atoms with Crippen LogP contribution in [0.4, 0.5) is 5.69 Å². The average Bonchev–Trinajstić information content (AvgIpc) is 3.06. The van der Waals surface area contributed by atoms with E-state index in [-0.39, 0.29) is 17.2 Å². The number of carboxylic acids is 1. The molecule has 1 aromatic heterocycles. The first kappa shape index (κ1) is 23.0. The van der Waals surface area contributed by atoms with Crippen LogP contribution in [0.25, 0.3) is 10.2 Å². The van der Waals surface area contributed by atoms with Gasteiger partial charge in [0.1, 0.15) is 6.61 Å². The van der Waals surface area contributed by atoms with Crippen LogP contribution in [-0.2, 0) is 19.6 Å². The summed E-state index contributed by atoms with van der Waals surface area (Å²) in [5, 5.41) is 10.3. The monoisotopic (exact) mass is 478 g/mol. The summed E-state index contributed by atoms with van der Waals surface area (Å²) in [5.41, 5.74) is -0.0672. The number of rotatable bonds is 6. The van der Waals surface area contributed by atoms with E-state index in [9.17, 15) is 13.2 Å². The number of halogens is 1. The molecule has 1 heterocycles. The lowest BCUT2D eigenvalue weighted by Gasteiger charge is -2.17. The highest BCUT2D eigenvalue weighted by Crippen LogP contribution is 2.27. The number of hydrogen-bond acceptors (Lipinski definition) is 6. The number of aliphatic carboxylic acids is 1. The second kappa shape index (κ2) is 8.85. The van der Waals surface area contributed by atoms with Gasteiger partial charge in [-0.15, -0.1) is 11.3 Å². The topological polar surface area (TPSA) is 106 Å². The van der Waals surface area contributed by atoms with Crippen LogP contribution in [0.5, 0.6) is 0 Å². The first-order valence-electron chi connectivity index (χ1n) is 9.04. The predicted molar refractivity (Wildman–Crippen MR) is 121 cm³/mol. The summed E-state index contributed by atoms with van der Waals surface area (Å²) < 4.78 is 34.4. The number of aromatic nitrogens is 1. The fourth-order valence-electron chi connectivity index (χ4n) is 2.51. The SMILES string of the molecule is Cc1nc2ccc(S(=O)(=O)Nc3ccc(Cl)cc3C#CCOC(C)(C)C(=O)O)cc2s1. The summed E-state index contributed by atoms with van der Waals surface area (Å²) in [5.74, 6) is 4.37. The van der Waals surface area contributed by atoms with Crippen molar-refractivity contribution in [2.75, 3.05) is 11.3 Å². The highest BCUT2D eigenvalue weighted by atomic mass is 35.5. The van der Waals surface area contributed by atoms with Crippen LogP contribution in [0.3, 0.4) is 0 Å². The van der Waals surface area contributed by atoms with Crippen molar-refractivity contribution in [2.45, 2.75) is 31.3 Å². The van der Waals surface area contributed by atoms with Crippen molar-refractivity contribution >= 4 is 54.8 Å². The van der Waals surface area contributed by atoms with E-state index >= 15 is 0 Å². The van der Waals surface area contributed by atoms with Crippen molar-refractivity contribution < 1.29 is 23.1 Å². The summed E-state index contributed by atoms with van der Waals surface area (Å²) >= 11 is 7.45. The van der Waals surface area contributed by atoms with E-state index in [1.165, 1.54) is 43.4 Å². The number of ether oxygens (including phenoxy) is 1. The number of nitrogens with zero attached hydrogens (tertiary/aromatic N) is 1. The minimum absolute atomic E-state index is 0.101. The van der Waals surface area contributed by atoms with Crippen LogP contribution in [0.15, 0.2) is 41.3 Å².